The van der Waals surface area contributed by atoms with Crippen molar-refractivity contribution in [1.82, 2.24) is 5.32 Å². The number of nitrogens with one attached hydrogen (secondary N) is 1. The minimum absolute atomic E-state index is 0.0415. The summed E-state index contributed by atoms with van der Waals surface area (Å²) in [5, 5.41) is 21.1. The smallest absolute Gasteiger partial charge is 0.303 e. The van der Waals surface area contributed by atoms with Crippen molar-refractivity contribution in [3.63, 3.8) is 0 Å². The van der Waals surface area contributed by atoms with E-state index in [1.807, 2.05) is 0 Å². The summed E-state index contributed by atoms with van der Waals surface area (Å²) in [5.41, 5.74) is -0.696. The van der Waals surface area contributed by atoms with Crippen molar-refractivity contribution in [3.8, 4) is 23.0 Å². The molecule has 2 aromatic heterocycles. The zero-order valence-electron chi connectivity index (χ0n) is 24.7. The van der Waals surface area contributed by atoms with Crippen LogP contribution >= 0.6 is 22.7 Å². The monoisotopic (exact) mass is 677 g/mol. The highest BCUT2D eigenvalue weighted by molar-refractivity contribution is 7.21. The molecular weight excluding hydrogens is 648 g/mol. The number of rotatable bonds is 16. The van der Waals surface area contributed by atoms with Gasteiger partial charge in [0.15, 0.2) is 46.2 Å². The van der Waals surface area contributed by atoms with Gasteiger partial charge in [-0.25, -0.2) is 8.78 Å². The molecule has 1 aliphatic heterocycles. The number of fused-ring (bicyclic) bond motifs is 2. The summed E-state index contributed by atoms with van der Waals surface area (Å²) in [6.07, 6.45) is -1.09. The van der Waals surface area contributed by atoms with E-state index in [9.17, 15) is 19.2 Å². The van der Waals surface area contributed by atoms with Gasteiger partial charge in [-0.1, -0.05) is 0 Å². The third kappa shape index (κ3) is 6.76. The Bertz CT molecular complexity index is 1720. The van der Waals surface area contributed by atoms with Gasteiger partial charge in [0, 0.05) is 58.2 Å². The summed E-state index contributed by atoms with van der Waals surface area (Å²) < 4.78 is 55.0. The summed E-state index contributed by atoms with van der Waals surface area (Å²) in [5.74, 6) is -4.66. The lowest BCUT2D eigenvalue weighted by Crippen LogP contribution is -2.59. The van der Waals surface area contributed by atoms with Crippen molar-refractivity contribution in [1.29, 1.82) is 0 Å². The van der Waals surface area contributed by atoms with E-state index >= 15 is 8.78 Å². The van der Waals surface area contributed by atoms with Gasteiger partial charge in [0.25, 0.3) is 0 Å². The van der Waals surface area contributed by atoms with Crippen molar-refractivity contribution in [3.05, 3.63) is 45.7 Å². The van der Waals surface area contributed by atoms with Crippen LogP contribution in [0.25, 0.3) is 20.2 Å². The summed E-state index contributed by atoms with van der Waals surface area (Å²) in [4.78, 5) is 47.1. The van der Waals surface area contributed by atoms with Gasteiger partial charge < -0.3 is 34.5 Å². The predicted octanol–water partition coefficient (Wildman–Crippen LogP) is 5.55. The molecule has 3 heterocycles. The molecule has 0 radical (unpaired) electrons. The minimum atomic E-state index is -1.11. The molecule has 11 nitrogen and oxygen atoms in total. The Hall–Kier alpha value is -4.34. The highest BCUT2D eigenvalue weighted by atomic mass is 32.1. The molecule has 4 aromatic rings. The normalized spacial score (nSPS) is 13.7. The van der Waals surface area contributed by atoms with E-state index in [1.165, 1.54) is 26.4 Å². The first-order valence-electron chi connectivity index (χ1n) is 14.0. The van der Waals surface area contributed by atoms with Gasteiger partial charge >= 0.3 is 11.9 Å². The number of thiophene rings is 2. The third-order valence-corrected chi connectivity index (χ3v) is 9.78. The first-order chi connectivity index (χ1) is 21.9. The number of aliphatic carboxylic acids is 2. The van der Waals surface area contributed by atoms with Crippen LogP contribution in [0, 0.1) is 17.0 Å². The second-order valence-electron chi connectivity index (χ2n) is 10.8. The Balaban J connectivity index is 1.34. The lowest BCUT2D eigenvalue weighted by molar-refractivity contribution is -0.137. The van der Waals surface area contributed by atoms with E-state index in [2.05, 4.69) is 5.32 Å². The summed E-state index contributed by atoms with van der Waals surface area (Å²) >= 11 is 2.06. The molecule has 15 heteroatoms. The fourth-order valence-corrected chi connectivity index (χ4v) is 7.02. The molecule has 0 spiro atoms. The van der Waals surface area contributed by atoms with Gasteiger partial charge in [-0.05, 0) is 12.1 Å². The number of carboxylic acid groups (broad SMARTS) is 2. The predicted molar refractivity (Wildman–Crippen MR) is 165 cm³/mol. The van der Waals surface area contributed by atoms with Gasteiger partial charge in [-0.15, -0.1) is 22.7 Å². The van der Waals surface area contributed by atoms with Crippen LogP contribution in [0.15, 0.2) is 24.3 Å². The molecule has 3 N–H and O–H groups in total. The number of hydrogen-bond acceptors (Lipinski definition) is 11. The van der Waals surface area contributed by atoms with Crippen molar-refractivity contribution in [2.45, 2.75) is 25.7 Å². The molecule has 0 aliphatic carbocycles. The van der Waals surface area contributed by atoms with Gasteiger partial charge in [-0.2, -0.15) is 0 Å². The standard InChI is InChI=1S/C31H29F2NO10S2/c1-41-19-9-21-15(7-23(45-21)17(35)3-5-25(37)38)27(32)29(19)43-13-31(11-34-12-31)14-44-30-20(42-2)10-22-16(28(30)33)8-24(46-22)18(36)4-6-26(39)40/h7-10,34H,3-6,11-14H2,1-2H3,(H,37,38)(H,39,40). The maximum absolute atomic E-state index is 15.7. The summed E-state index contributed by atoms with van der Waals surface area (Å²) in [7, 11) is 2.70. The highest BCUT2D eigenvalue weighted by Crippen LogP contribution is 2.43. The third-order valence-electron chi connectivity index (χ3n) is 7.53. The van der Waals surface area contributed by atoms with Crippen LogP contribution < -0.4 is 24.3 Å². The molecule has 1 aliphatic rings. The number of benzene rings is 2. The topological polar surface area (TPSA) is 158 Å². The molecular formula is C31H29F2NO10S2. The summed E-state index contributed by atoms with van der Waals surface area (Å²) in [6, 6.07) is 5.84. The Labute approximate surface area is 268 Å². The molecule has 244 valence electrons. The Morgan fingerprint density at radius 1 is 0.739 bits per heavy atom. The quantitative estimate of drug-likeness (QED) is 0.128. The molecule has 0 bridgehead atoms. The van der Waals surface area contributed by atoms with Crippen LogP contribution in [0.3, 0.4) is 0 Å². The number of ketones is 2. The number of ether oxygens (including phenoxy) is 4. The Morgan fingerprint density at radius 2 is 1.15 bits per heavy atom. The van der Waals surface area contributed by atoms with Crippen LogP contribution in [0.2, 0.25) is 0 Å². The van der Waals surface area contributed by atoms with E-state index in [0.717, 1.165) is 22.7 Å². The number of Topliss-reactive ketones (excluding diaryl/α,β-unsaturated/α-hetero) is 2. The van der Waals surface area contributed by atoms with E-state index in [1.54, 1.807) is 12.1 Å². The fraction of sp³-hybridized carbons (Fsp3) is 0.355. The molecule has 0 unspecified atom stereocenters. The highest BCUT2D eigenvalue weighted by Gasteiger charge is 2.40. The number of carbonyl (C=O) groups excluding carboxylic acids is 2. The number of methoxy groups -OCH3 is 2. The lowest BCUT2D eigenvalue weighted by atomic mass is 9.83. The molecule has 2 aromatic carbocycles. The van der Waals surface area contributed by atoms with Gasteiger partial charge in [-0.3, -0.25) is 19.2 Å². The number of hydrogen-bond donors (Lipinski definition) is 3. The van der Waals surface area contributed by atoms with Crippen molar-refractivity contribution < 1.29 is 57.1 Å². The van der Waals surface area contributed by atoms with Crippen molar-refractivity contribution in [2.24, 2.45) is 5.41 Å². The van der Waals surface area contributed by atoms with E-state index < -0.39 is 40.6 Å². The molecule has 0 atom stereocenters. The van der Waals surface area contributed by atoms with Crippen LogP contribution in [-0.4, -0.2) is 74.2 Å². The average molecular weight is 678 g/mol. The second kappa shape index (κ2) is 13.6. The number of carbonyl (C=O) groups is 4. The molecule has 0 saturated carbocycles. The van der Waals surface area contributed by atoms with E-state index in [-0.39, 0.29) is 82.4 Å². The first kappa shape index (κ1) is 33.0. The Kier molecular flexibility index (Phi) is 9.74. The molecule has 1 fully saturated rings. The zero-order chi connectivity index (χ0) is 33.2. The SMILES string of the molecule is COc1cc2sc(C(=O)CCC(=O)O)cc2c(F)c1OCC1(COc2c(OC)cc3sc(C(=O)CCC(=O)O)cc3c2F)CNC1. The maximum Gasteiger partial charge on any atom is 0.303 e. The van der Waals surface area contributed by atoms with Crippen molar-refractivity contribution in [2.75, 3.05) is 40.5 Å². The van der Waals surface area contributed by atoms with E-state index in [4.69, 9.17) is 29.2 Å². The van der Waals surface area contributed by atoms with Crippen LogP contribution in [0.1, 0.15) is 45.0 Å². The van der Waals surface area contributed by atoms with Crippen molar-refractivity contribution >= 4 is 66.4 Å². The van der Waals surface area contributed by atoms with Gasteiger partial charge in [0.2, 0.25) is 0 Å². The van der Waals surface area contributed by atoms with E-state index in [0.29, 0.717) is 22.5 Å². The van der Waals surface area contributed by atoms with Crippen LogP contribution in [-0.2, 0) is 9.59 Å². The average Bonchev–Trinajstić information content (AvgIpc) is 3.64. The second-order valence-corrected chi connectivity index (χ2v) is 13.0. The van der Waals surface area contributed by atoms with Gasteiger partial charge in [0.05, 0.1) is 55.4 Å². The molecule has 0 amide bonds. The number of halogens is 2. The minimum Gasteiger partial charge on any atom is -0.493 e. The van der Waals surface area contributed by atoms with Gasteiger partial charge in [0.1, 0.15) is 0 Å². The molecule has 46 heavy (non-hydrogen) atoms. The maximum atomic E-state index is 15.7. The number of carboxylic acids is 2. The van der Waals surface area contributed by atoms with Crippen LogP contribution in [0.4, 0.5) is 8.78 Å². The first-order valence-corrected chi connectivity index (χ1v) is 15.6. The fourth-order valence-electron chi connectivity index (χ4n) is 4.91. The Morgan fingerprint density at radius 3 is 1.48 bits per heavy atom. The largest absolute Gasteiger partial charge is 0.493 e. The molecule has 1 saturated heterocycles. The van der Waals surface area contributed by atoms with Crippen LogP contribution in [0.5, 0.6) is 23.0 Å². The molecule has 5 rings (SSSR count). The summed E-state index contributed by atoms with van der Waals surface area (Å²) in [6.45, 7) is 0.736. The zero-order valence-corrected chi connectivity index (χ0v) is 26.3. The lowest BCUT2D eigenvalue weighted by Gasteiger charge is -2.41.